The Morgan fingerprint density at radius 2 is 2.05 bits per heavy atom. The second-order valence-electron chi connectivity index (χ2n) is 4.77. The number of carbonyl (C=O) groups is 2. The lowest BCUT2D eigenvalue weighted by Gasteiger charge is -2.32. The van der Waals surface area contributed by atoms with Crippen molar-refractivity contribution in [2.45, 2.75) is 0 Å². The fourth-order valence-electron chi connectivity index (χ4n) is 1.99. The zero-order valence-corrected chi connectivity index (χ0v) is 12.9. The maximum Gasteiger partial charge on any atom is 0.260 e. The Morgan fingerprint density at radius 3 is 2.70 bits per heavy atom. The molecule has 0 saturated carbocycles. The van der Waals surface area contributed by atoms with Gasteiger partial charge in [0, 0.05) is 36.2 Å². The molecule has 5 nitrogen and oxygen atoms in total. The zero-order valence-electron chi connectivity index (χ0n) is 11.3. The number of hydrogen-bond acceptors (Lipinski definition) is 4. The van der Waals surface area contributed by atoms with Gasteiger partial charge in [0.2, 0.25) is 0 Å². The van der Waals surface area contributed by atoms with Crippen molar-refractivity contribution in [1.82, 2.24) is 9.80 Å². The van der Waals surface area contributed by atoms with Gasteiger partial charge < -0.3 is 14.5 Å². The van der Waals surface area contributed by atoms with Crippen molar-refractivity contribution in [2.24, 2.45) is 0 Å². The zero-order chi connectivity index (χ0) is 14.5. The number of carbonyl (C=O) groups excluding carboxylic acids is 2. The van der Waals surface area contributed by atoms with E-state index >= 15 is 0 Å². The third-order valence-corrected chi connectivity index (χ3v) is 4.03. The Balaban J connectivity index is 1.88. The van der Waals surface area contributed by atoms with Crippen molar-refractivity contribution in [3.63, 3.8) is 0 Å². The van der Waals surface area contributed by atoms with E-state index in [4.69, 9.17) is 4.74 Å². The highest BCUT2D eigenvalue weighted by molar-refractivity contribution is 9.10. The van der Waals surface area contributed by atoms with Crippen LogP contribution >= 0.6 is 15.9 Å². The van der Waals surface area contributed by atoms with Gasteiger partial charge in [0.1, 0.15) is 5.75 Å². The molecule has 2 rings (SSSR count). The maximum absolute atomic E-state index is 12.0. The van der Waals surface area contributed by atoms with Crippen LogP contribution in [0.15, 0.2) is 22.7 Å². The molecule has 108 valence electrons. The lowest BCUT2D eigenvalue weighted by atomic mass is 10.2. The van der Waals surface area contributed by atoms with Crippen LogP contribution in [0.1, 0.15) is 10.4 Å². The van der Waals surface area contributed by atoms with Gasteiger partial charge in [-0.2, -0.15) is 0 Å². The Labute approximate surface area is 126 Å². The summed E-state index contributed by atoms with van der Waals surface area (Å²) in [5.41, 5.74) is 0.509. The second kappa shape index (κ2) is 6.85. The normalized spacial score (nSPS) is 16.0. The molecule has 1 aromatic carbocycles. The molecule has 0 spiro atoms. The third kappa shape index (κ3) is 3.80. The van der Waals surface area contributed by atoms with E-state index in [0.29, 0.717) is 15.8 Å². The fourth-order valence-corrected chi connectivity index (χ4v) is 2.33. The van der Waals surface area contributed by atoms with Crippen LogP contribution in [0.5, 0.6) is 5.75 Å². The number of amides is 1. The molecule has 0 unspecified atom stereocenters. The summed E-state index contributed by atoms with van der Waals surface area (Å²) in [5, 5.41) is 0. The van der Waals surface area contributed by atoms with Gasteiger partial charge in [-0.3, -0.25) is 9.59 Å². The molecule has 0 radical (unpaired) electrons. The first-order valence-corrected chi connectivity index (χ1v) is 7.23. The van der Waals surface area contributed by atoms with E-state index in [-0.39, 0.29) is 12.5 Å². The first kappa shape index (κ1) is 15.0. The number of halogens is 1. The number of piperazine rings is 1. The van der Waals surface area contributed by atoms with Crippen LogP contribution < -0.4 is 4.74 Å². The highest BCUT2D eigenvalue weighted by Gasteiger charge is 2.19. The molecule has 0 atom stereocenters. The molecular weight excluding hydrogens is 324 g/mol. The minimum absolute atomic E-state index is 0.00361. The van der Waals surface area contributed by atoms with E-state index in [9.17, 15) is 9.59 Å². The van der Waals surface area contributed by atoms with Crippen LogP contribution in [0.4, 0.5) is 0 Å². The molecule has 20 heavy (non-hydrogen) atoms. The van der Waals surface area contributed by atoms with Crippen LogP contribution in [0, 0.1) is 0 Å². The Bertz CT molecular complexity index is 499. The topological polar surface area (TPSA) is 49.9 Å². The van der Waals surface area contributed by atoms with E-state index in [0.717, 1.165) is 32.5 Å². The molecule has 0 aliphatic carbocycles. The predicted octanol–water partition coefficient (Wildman–Crippen LogP) is 1.41. The molecule has 1 saturated heterocycles. The van der Waals surface area contributed by atoms with Crippen molar-refractivity contribution < 1.29 is 14.3 Å². The molecule has 1 amide bonds. The highest BCUT2D eigenvalue weighted by Crippen LogP contribution is 2.21. The number of ether oxygens (including phenoxy) is 1. The summed E-state index contributed by atoms with van der Waals surface area (Å²) in [4.78, 5) is 26.8. The Morgan fingerprint density at radius 1 is 1.35 bits per heavy atom. The lowest BCUT2D eigenvalue weighted by molar-refractivity contribution is -0.134. The van der Waals surface area contributed by atoms with Gasteiger partial charge in [0.15, 0.2) is 12.9 Å². The smallest absolute Gasteiger partial charge is 0.260 e. The van der Waals surface area contributed by atoms with E-state index < -0.39 is 0 Å². The molecular formula is C14H17BrN2O3. The van der Waals surface area contributed by atoms with Crippen molar-refractivity contribution in [1.29, 1.82) is 0 Å². The quantitative estimate of drug-likeness (QED) is 0.777. The summed E-state index contributed by atoms with van der Waals surface area (Å²) < 4.78 is 6.17. The predicted molar refractivity (Wildman–Crippen MR) is 79.1 cm³/mol. The van der Waals surface area contributed by atoms with Gasteiger partial charge >= 0.3 is 0 Å². The highest BCUT2D eigenvalue weighted by atomic mass is 79.9. The standard InChI is InChI=1S/C14H17BrN2O3/c1-16-4-6-17(7-5-16)14(19)10-20-12-2-3-13(15)11(8-12)9-18/h2-3,8-9H,4-7,10H2,1H3. The van der Waals surface area contributed by atoms with Gasteiger partial charge in [0.25, 0.3) is 5.91 Å². The SMILES string of the molecule is CN1CCN(C(=O)COc2ccc(Br)c(C=O)c2)CC1. The summed E-state index contributed by atoms with van der Waals surface area (Å²) in [6.45, 7) is 3.25. The summed E-state index contributed by atoms with van der Waals surface area (Å²) in [6, 6.07) is 5.09. The molecule has 1 fully saturated rings. The number of benzene rings is 1. The molecule has 0 aromatic heterocycles. The van der Waals surface area contributed by atoms with E-state index in [1.807, 2.05) is 7.05 Å². The van der Waals surface area contributed by atoms with Crippen LogP contribution in [-0.2, 0) is 4.79 Å². The van der Waals surface area contributed by atoms with Gasteiger partial charge in [-0.05, 0) is 25.2 Å². The largest absolute Gasteiger partial charge is 0.484 e. The van der Waals surface area contributed by atoms with Crippen molar-refractivity contribution >= 4 is 28.1 Å². The van der Waals surface area contributed by atoms with Crippen molar-refractivity contribution in [3.05, 3.63) is 28.2 Å². The third-order valence-electron chi connectivity index (χ3n) is 3.31. The molecule has 1 aromatic rings. The van der Waals surface area contributed by atoms with E-state index in [1.165, 1.54) is 0 Å². The summed E-state index contributed by atoms with van der Waals surface area (Å²) in [7, 11) is 2.04. The number of aldehydes is 1. The van der Waals surface area contributed by atoms with Gasteiger partial charge in [-0.1, -0.05) is 15.9 Å². The van der Waals surface area contributed by atoms with Crippen molar-refractivity contribution in [2.75, 3.05) is 39.8 Å². The number of rotatable bonds is 4. The number of likely N-dealkylation sites (N-methyl/N-ethyl adjacent to an activating group) is 1. The fraction of sp³-hybridized carbons (Fsp3) is 0.429. The molecule has 0 bridgehead atoms. The molecule has 6 heteroatoms. The second-order valence-corrected chi connectivity index (χ2v) is 5.63. The average molecular weight is 341 g/mol. The monoisotopic (exact) mass is 340 g/mol. The minimum Gasteiger partial charge on any atom is -0.484 e. The van der Waals surface area contributed by atoms with E-state index in [1.54, 1.807) is 23.1 Å². The molecule has 0 N–H and O–H groups in total. The lowest BCUT2D eigenvalue weighted by Crippen LogP contribution is -2.48. The Hall–Kier alpha value is -1.40. The number of nitrogens with zero attached hydrogens (tertiary/aromatic N) is 2. The summed E-state index contributed by atoms with van der Waals surface area (Å²) >= 11 is 3.27. The van der Waals surface area contributed by atoms with E-state index in [2.05, 4.69) is 20.8 Å². The molecule has 1 aliphatic heterocycles. The first-order chi connectivity index (χ1) is 9.60. The molecule has 1 heterocycles. The van der Waals surface area contributed by atoms with Gasteiger partial charge in [-0.15, -0.1) is 0 Å². The maximum atomic E-state index is 12.0. The van der Waals surface area contributed by atoms with Crippen LogP contribution in [0.3, 0.4) is 0 Å². The van der Waals surface area contributed by atoms with Crippen LogP contribution in [-0.4, -0.2) is 61.8 Å². The van der Waals surface area contributed by atoms with Crippen molar-refractivity contribution in [3.8, 4) is 5.75 Å². The average Bonchev–Trinajstić information content (AvgIpc) is 2.46. The van der Waals surface area contributed by atoms with Crippen LogP contribution in [0.2, 0.25) is 0 Å². The Kier molecular flexibility index (Phi) is 5.14. The molecule has 1 aliphatic rings. The number of hydrogen-bond donors (Lipinski definition) is 0. The first-order valence-electron chi connectivity index (χ1n) is 6.44. The summed E-state index contributed by atoms with van der Waals surface area (Å²) in [5.74, 6) is 0.506. The van der Waals surface area contributed by atoms with Crippen LogP contribution in [0.25, 0.3) is 0 Å². The van der Waals surface area contributed by atoms with Gasteiger partial charge in [0.05, 0.1) is 0 Å². The van der Waals surface area contributed by atoms with Gasteiger partial charge in [-0.25, -0.2) is 0 Å². The minimum atomic E-state index is -0.0197. The summed E-state index contributed by atoms with van der Waals surface area (Å²) in [6.07, 6.45) is 0.749.